The summed E-state index contributed by atoms with van der Waals surface area (Å²) in [4.78, 5) is 0. The third-order valence-corrected chi connectivity index (χ3v) is 4.00. The van der Waals surface area contributed by atoms with Gasteiger partial charge in [0.05, 0.1) is 20.8 Å². The van der Waals surface area contributed by atoms with E-state index >= 15 is 0 Å². The highest BCUT2D eigenvalue weighted by Gasteiger charge is 2.09. The van der Waals surface area contributed by atoms with Crippen molar-refractivity contribution in [3.63, 3.8) is 0 Å². The molecule has 0 radical (unpaired) electrons. The van der Waals surface area contributed by atoms with E-state index in [0.29, 0.717) is 42.8 Å². The van der Waals surface area contributed by atoms with Gasteiger partial charge in [0.15, 0.2) is 11.5 Å². The molecule has 0 atom stereocenters. The molecule has 5 nitrogen and oxygen atoms in total. The Labute approximate surface area is 153 Å². The van der Waals surface area contributed by atoms with Crippen LogP contribution in [0.4, 0.5) is 0 Å². The zero-order valence-corrected chi connectivity index (χ0v) is 15.6. The first kappa shape index (κ1) is 19.4. The molecular weight excluding hydrogens is 342 g/mol. The lowest BCUT2D eigenvalue weighted by atomic mass is 10.1. The molecule has 0 aliphatic rings. The number of hydrogen-bond acceptors (Lipinski definition) is 5. The Bertz CT molecular complexity index is 678. The standard InChI is InChI=1S/C19H24ClNO4/c1-22-7-8-25-16-6-4-5-14(9-16)12-21-13-15-10-18(23-2)19(24-3)11-17(15)20/h4-6,9-11,21H,7-8,12-13H2,1-3H3. The van der Waals surface area contributed by atoms with Gasteiger partial charge in [-0.05, 0) is 29.3 Å². The van der Waals surface area contributed by atoms with Crippen LogP contribution in [-0.2, 0) is 17.8 Å². The van der Waals surface area contributed by atoms with Crippen LogP contribution in [0.25, 0.3) is 0 Å². The summed E-state index contributed by atoms with van der Waals surface area (Å²) >= 11 is 6.31. The van der Waals surface area contributed by atoms with Gasteiger partial charge in [0.25, 0.3) is 0 Å². The maximum Gasteiger partial charge on any atom is 0.162 e. The molecule has 0 saturated heterocycles. The summed E-state index contributed by atoms with van der Waals surface area (Å²) in [6.45, 7) is 2.43. The predicted octanol–water partition coefficient (Wildman–Crippen LogP) is 3.67. The lowest BCUT2D eigenvalue weighted by Gasteiger charge is -2.13. The minimum Gasteiger partial charge on any atom is -0.493 e. The number of rotatable bonds is 10. The van der Waals surface area contributed by atoms with Gasteiger partial charge in [-0.3, -0.25) is 0 Å². The molecule has 2 aromatic carbocycles. The van der Waals surface area contributed by atoms with Crippen molar-refractivity contribution in [1.29, 1.82) is 0 Å². The fourth-order valence-electron chi connectivity index (χ4n) is 2.36. The minimum absolute atomic E-state index is 0.536. The van der Waals surface area contributed by atoms with E-state index in [1.165, 1.54) is 0 Å². The Hall–Kier alpha value is -1.95. The first-order chi connectivity index (χ1) is 12.2. The van der Waals surface area contributed by atoms with Gasteiger partial charge >= 0.3 is 0 Å². The fraction of sp³-hybridized carbons (Fsp3) is 0.368. The highest BCUT2D eigenvalue weighted by molar-refractivity contribution is 6.31. The van der Waals surface area contributed by atoms with Gasteiger partial charge in [-0.25, -0.2) is 0 Å². The highest BCUT2D eigenvalue weighted by Crippen LogP contribution is 2.33. The lowest BCUT2D eigenvalue weighted by Crippen LogP contribution is -2.13. The maximum atomic E-state index is 6.31. The first-order valence-corrected chi connectivity index (χ1v) is 8.37. The van der Waals surface area contributed by atoms with Crippen molar-refractivity contribution in [1.82, 2.24) is 5.32 Å². The number of methoxy groups -OCH3 is 3. The molecule has 0 fully saturated rings. The largest absolute Gasteiger partial charge is 0.493 e. The Kier molecular flexibility index (Phi) is 7.85. The van der Waals surface area contributed by atoms with Crippen LogP contribution in [0.5, 0.6) is 17.2 Å². The molecule has 0 saturated carbocycles. The molecule has 6 heteroatoms. The lowest BCUT2D eigenvalue weighted by molar-refractivity contribution is 0.146. The Morgan fingerprint density at radius 2 is 1.68 bits per heavy atom. The van der Waals surface area contributed by atoms with Gasteiger partial charge < -0.3 is 24.3 Å². The van der Waals surface area contributed by atoms with Gasteiger partial charge in [-0.2, -0.15) is 0 Å². The van der Waals surface area contributed by atoms with Crippen LogP contribution in [0.1, 0.15) is 11.1 Å². The quantitative estimate of drug-likeness (QED) is 0.651. The van der Waals surface area contributed by atoms with Crippen molar-refractivity contribution < 1.29 is 18.9 Å². The zero-order valence-electron chi connectivity index (χ0n) is 14.8. The van der Waals surface area contributed by atoms with Crippen LogP contribution in [0, 0.1) is 0 Å². The second-order valence-electron chi connectivity index (χ2n) is 5.39. The van der Waals surface area contributed by atoms with Crippen LogP contribution < -0.4 is 19.5 Å². The highest BCUT2D eigenvalue weighted by atomic mass is 35.5. The van der Waals surface area contributed by atoms with Crippen molar-refractivity contribution in [2.75, 3.05) is 34.5 Å². The van der Waals surface area contributed by atoms with Crippen LogP contribution in [0.3, 0.4) is 0 Å². The van der Waals surface area contributed by atoms with Crippen LogP contribution in [-0.4, -0.2) is 34.5 Å². The van der Waals surface area contributed by atoms with Gasteiger partial charge in [0.2, 0.25) is 0 Å². The zero-order chi connectivity index (χ0) is 18.1. The van der Waals surface area contributed by atoms with Crippen molar-refractivity contribution in [2.24, 2.45) is 0 Å². The molecule has 0 aromatic heterocycles. The smallest absolute Gasteiger partial charge is 0.162 e. The third kappa shape index (κ3) is 5.81. The second kappa shape index (κ2) is 10.1. The molecule has 0 heterocycles. The van der Waals surface area contributed by atoms with E-state index in [9.17, 15) is 0 Å². The van der Waals surface area contributed by atoms with Gasteiger partial charge in [-0.15, -0.1) is 0 Å². The molecule has 136 valence electrons. The van der Waals surface area contributed by atoms with E-state index in [0.717, 1.165) is 16.9 Å². The van der Waals surface area contributed by atoms with E-state index in [2.05, 4.69) is 5.32 Å². The monoisotopic (exact) mass is 365 g/mol. The number of nitrogens with one attached hydrogen (secondary N) is 1. The average Bonchev–Trinajstić information content (AvgIpc) is 2.63. The molecule has 0 unspecified atom stereocenters. The predicted molar refractivity (Wildman–Crippen MR) is 98.9 cm³/mol. The molecule has 0 spiro atoms. The summed E-state index contributed by atoms with van der Waals surface area (Å²) < 4.78 is 21.2. The second-order valence-corrected chi connectivity index (χ2v) is 5.80. The van der Waals surface area contributed by atoms with E-state index in [4.69, 9.17) is 30.5 Å². The Morgan fingerprint density at radius 1 is 0.920 bits per heavy atom. The van der Waals surface area contributed by atoms with Crippen LogP contribution in [0.15, 0.2) is 36.4 Å². The van der Waals surface area contributed by atoms with Gasteiger partial charge in [0.1, 0.15) is 12.4 Å². The Balaban J connectivity index is 1.93. The van der Waals surface area contributed by atoms with Crippen LogP contribution in [0.2, 0.25) is 5.02 Å². The fourth-order valence-corrected chi connectivity index (χ4v) is 2.58. The molecule has 2 rings (SSSR count). The third-order valence-electron chi connectivity index (χ3n) is 3.65. The summed E-state index contributed by atoms with van der Waals surface area (Å²) in [6, 6.07) is 11.6. The van der Waals surface area contributed by atoms with Crippen molar-refractivity contribution in [2.45, 2.75) is 13.1 Å². The normalized spacial score (nSPS) is 10.6. The maximum absolute atomic E-state index is 6.31. The van der Waals surface area contributed by atoms with E-state index in [-0.39, 0.29) is 0 Å². The molecule has 25 heavy (non-hydrogen) atoms. The topological polar surface area (TPSA) is 49.0 Å². The Morgan fingerprint density at radius 3 is 2.40 bits per heavy atom. The van der Waals surface area contributed by atoms with Gasteiger partial charge in [0, 0.05) is 31.3 Å². The molecule has 0 aliphatic heterocycles. The summed E-state index contributed by atoms with van der Waals surface area (Å²) in [5.74, 6) is 2.12. The molecule has 0 bridgehead atoms. The number of ether oxygens (including phenoxy) is 4. The molecule has 0 aliphatic carbocycles. The molecule has 0 amide bonds. The average molecular weight is 366 g/mol. The summed E-state index contributed by atoms with van der Waals surface area (Å²) in [7, 11) is 4.86. The minimum atomic E-state index is 0.536. The van der Waals surface area contributed by atoms with Crippen molar-refractivity contribution in [3.8, 4) is 17.2 Å². The van der Waals surface area contributed by atoms with E-state index < -0.39 is 0 Å². The summed E-state index contributed by atoms with van der Waals surface area (Å²) in [5.41, 5.74) is 2.08. The van der Waals surface area contributed by atoms with E-state index in [1.807, 2.05) is 30.3 Å². The summed E-state index contributed by atoms with van der Waals surface area (Å²) in [6.07, 6.45) is 0. The van der Waals surface area contributed by atoms with Crippen LogP contribution >= 0.6 is 11.6 Å². The molecule has 1 N–H and O–H groups in total. The van der Waals surface area contributed by atoms with Crippen molar-refractivity contribution >= 4 is 11.6 Å². The summed E-state index contributed by atoms with van der Waals surface area (Å²) in [5, 5.41) is 4.02. The van der Waals surface area contributed by atoms with Gasteiger partial charge in [-0.1, -0.05) is 23.7 Å². The number of benzene rings is 2. The number of hydrogen-bond donors (Lipinski definition) is 1. The number of halogens is 1. The SMILES string of the molecule is COCCOc1cccc(CNCc2cc(OC)c(OC)cc2Cl)c1. The van der Waals surface area contributed by atoms with Crippen molar-refractivity contribution in [3.05, 3.63) is 52.5 Å². The molecular formula is C19H24ClNO4. The van der Waals surface area contributed by atoms with E-state index in [1.54, 1.807) is 27.4 Å². The first-order valence-electron chi connectivity index (χ1n) is 7.99. The molecule has 2 aromatic rings.